The van der Waals surface area contributed by atoms with Crippen LogP contribution < -0.4 is 8.92 Å². The predicted octanol–water partition coefficient (Wildman–Crippen LogP) is 2.40. The Balaban J connectivity index is 2.05. The van der Waals surface area contributed by atoms with E-state index >= 15 is 0 Å². The Bertz CT molecular complexity index is 1110. The first-order chi connectivity index (χ1) is 14.4. The minimum Gasteiger partial charge on any atom is -0.493 e. The molecule has 0 spiro atoms. The van der Waals surface area contributed by atoms with Crippen molar-refractivity contribution in [3.05, 3.63) is 34.9 Å². The van der Waals surface area contributed by atoms with Gasteiger partial charge in [0.2, 0.25) is 0 Å². The van der Waals surface area contributed by atoms with E-state index < -0.39 is 32.4 Å². The van der Waals surface area contributed by atoms with Gasteiger partial charge in [-0.2, -0.15) is 26.9 Å². The highest BCUT2D eigenvalue weighted by atomic mass is 32.2. The Morgan fingerprint density at radius 1 is 1.32 bits per heavy atom. The Labute approximate surface area is 177 Å². The van der Waals surface area contributed by atoms with Crippen molar-refractivity contribution in [2.75, 3.05) is 20.7 Å². The number of hydrogen-bond acceptors (Lipinski definition) is 7. The Morgan fingerprint density at radius 2 is 2.03 bits per heavy atom. The van der Waals surface area contributed by atoms with Crippen LogP contribution in [0.5, 0.6) is 11.5 Å². The molecule has 1 aliphatic heterocycles. The van der Waals surface area contributed by atoms with Crippen LogP contribution in [0.15, 0.2) is 23.8 Å². The topological polar surface area (TPSA) is 99.9 Å². The Hall–Kier alpha value is -2.29. The number of nitrogens with zero attached hydrogens (tertiary/aromatic N) is 2. The Morgan fingerprint density at radius 3 is 2.65 bits per heavy atom. The molecule has 1 saturated heterocycles. The van der Waals surface area contributed by atoms with Gasteiger partial charge in [-0.3, -0.25) is 0 Å². The van der Waals surface area contributed by atoms with E-state index in [0.29, 0.717) is 24.1 Å². The van der Waals surface area contributed by atoms with E-state index in [2.05, 4.69) is 10.3 Å². The minimum absolute atomic E-state index is 0.138. The number of methoxy groups -OCH3 is 1. The maximum absolute atomic E-state index is 13.1. The zero-order valence-electron chi connectivity index (χ0n) is 16.9. The summed E-state index contributed by atoms with van der Waals surface area (Å²) in [6.07, 6.45) is 2.66. The van der Waals surface area contributed by atoms with Gasteiger partial charge in [-0.15, -0.1) is 0 Å². The number of piperidine rings is 1. The number of fused-ring (bicyclic) bond motifs is 1. The second-order valence-electron chi connectivity index (χ2n) is 8.24. The highest BCUT2D eigenvalue weighted by Gasteiger charge is 2.64. The molecular formula is C20H21F3N2O5S. The molecule has 1 fully saturated rings. The zero-order chi connectivity index (χ0) is 22.8. The summed E-state index contributed by atoms with van der Waals surface area (Å²) in [5.74, 6) is -0.785. The van der Waals surface area contributed by atoms with Crippen LogP contribution in [0.2, 0.25) is 0 Å². The van der Waals surface area contributed by atoms with Gasteiger partial charge in [0.25, 0.3) is 0 Å². The molecule has 0 aromatic heterocycles. The van der Waals surface area contributed by atoms with Crippen LogP contribution in [0.25, 0.3) is 0 Å². The first kappa shape index (κ1) is 21.9. The second kappa shape index (κ2) is 6.85. The lowest BCUT2D eigenvalue weighted by Gasteiger charge is -2.61. The van der Waals surface area contributed by atoms with Crippen molar-refractivity contribution in [2.24, 2.45) is 0 Å². The van der Waals surface area contributed by atoms with Gasteiger partial charge in [-0.25, -0.2) is 0 Å². The fourth-order valence-electron chi connectivity index (χ4n) is 5.37. The van der Waals surface area contributed by atoms with Crippen LogP contribution >= 0.6 is 0 Å². The normalized spacial score (nSPS) is 30.5. The lowest BCUT2D eigenvalue weighted by atomic mass is 9.51. The maximum Gasteiger partial charge on any atom is 0.534 e. The van der Waals surface area contributed by atoms with E-state index in [1.54, 1.807) is 12.1 Å². The van der Waals surface area contributed by atoms with E-state index in [0.717, 1.165) is 0 Å². The zero-order valence-corrected chi connectivity index (χ0v) is 17.7. The van der Waals surface area contributed by atoms with E-state index in [-0.39, 0.29) is 36.6 Å². The van der Waals surface area contributed by atoms with E-state index in [1.165, 1.54) is 13.2 Å². The first-order valence-electron chi connectivity index (χ1n) is 9.66. The summed E-state index contributed by atoms with van der Waals surface area (Å²) in [7, 11) is -2.94. The smallest absolute Gasteiger partial charge is 0.493 e. The number of nitriles is 1. The number of benzene rings is 1. The lowest BCUT2D eigenvalue weighted by molar-refractivity contribution is -0.132. The quantitative estimate of drug-likeness (QED) is 0.548. The van der Waals surface area contributed by atoms with Gasteiger partial charge in [0, 0.05) is 17.2 Å². The highest BCUT2D eigenvalue weighted by molar-refractivity contribution is 7.88. The molecule has 2 bridgehead atoms. The summed E-state index contributed by atoms with van der Waals surface area (Å²) in [5, 5.41) is 21.4. The molecule has 4 rings (SSSR count). The van der Waals surface area contributed by atoms with Gasteiger partial charge in [0.15, 0.2) is 11.5 Å². The summed E-state index contributed by atoms with van der Waals surface area (Å²) < 4.78 is 73.1. The average Bonchev–Trinajstić information content (AvgIpc) is 2.69. The third kappa shape index (κ3) is 2.96. The van der Waals surface area contributed by atoms with Crippen molar-refractivity contribution >= 4 is 10.1 Å². The summed E-state index contributed by atoms with van der Waals surface area (Å²) in [6, 6.07) is 4.72. The third-order valence-corrected chi connectivity index (χ3v) is 7.77. The Kier molecular flexibility index (Phi) is 4.85. The number of hydrogen-bond donors (Lipinski definition) is 1. The fourth-order valence-corrected chi connectivity index (χ4v) is 5.85. The molecular weight excluding hydrogens is 437 g/mol. The van der Waals surface area contributed by atoms with Crippen molar-refractivity contribution in [2.45, 2.75) is 48.2 Å². The molecule has 0 unspecified atom stereocenters. The van der Waals surface area contributed by atoms with Crippen LogP contribution in [-0.2, 0) is 22.0 Å². The molecule has 11 heteroatoms. The minimum atomic E-state index is -5.99. The van der Waals surface area contributed by atoms with Crippen LogP contribution in [-0.4, -0.2) is 56.3 Å². The van der Waals surface area contributed by atoms with Crippen LogP contribution in [0.4, 0.5) is 13.2 Å². The number of likely N-dealkylation sites (tertiary alicyclic amines) is 1. The number of likely N-dealkylation sites (N-methyl/N-ethyl adjacent to an activating group) is 1. The summed E-state index contributed by atoms with van der Waals surface area (Å²) >= 11 is 0. The monoisotopic (exact) mass is 458 g/mol. The molecule has 1 aromatic carbocycles. The first-order valence-corrected chi connectivity index (χ1v) is 11.1. The molecule has 168 valence electrons. The number of ether oxygens (including phenoxy) is 1. The predicted molar refractivity (Wildman–Crippen MR) is 103 cm³/mol. The van der Waals surface area contributed by atoms with E-state index in [4.69, 9.17) is 4.74 Å². The molecule has 0 radical (unpaired) electrons. The fraction of sp³-hybridized carbons (Fsp3) is 0.550. The largest absolute Gasteiger partial charge is 0.534 e. The number of rotatable bonds is 3. The van der Waals surface area contributed by atoms with Gasteiger partial charge < -0.3 is 18.9 Å². The molecule has 2 aliphatic carbocycles. The number of aliphatic hydroxyl groups is 1. The third-order valence-electron chi connectivity index (χ3n) is 6.82. The van der Waals surface area contributed by atoms with Crippen molar-refractivity contribution in [1.82, 2.24) is 4.90 Å². The van der Waals surface area contributed by atoms with Gasteiger partial charge in [-0.1, -0.05) is 12.1 Å². The molecule has 1 aromatic rings. The molecule has 1 heterocycles. The van der Waals surface area contributed by atoms with Crippen LogP contribution in [0, 0.1) is 11.3 Å². The molecule has 31 heavy (non-hydrogen) atoms. The summed E-state index contributed by atoms with van der Waals surface area (Å²) in [6.45, 7) is 0.490. The maximum atomic E-state index is 13.1. The summed E-state index contributed by atoms with van der Waals surface area (Å²) in [4.78, 5) is 1.99. The van der Waals surface area contributed by atoms with E-state index in [1.807, 2.05) is 11.9 Å². The molecule has 3 aliphatic rings. The van der Waals surface area contributed by atoms with Crippen molar-refractivity contribution in [3.8, 4) is 17.6 Å². The molecule has 3 atom stereocenters. The number of alkyl halides is 3. The lowest BCUT2D eigenvalue weighted by Crippen LogP contribution is -2.71. The van der Waals surface area contributed by atoms with Crippen LogP contribution in [0.3, 0.4) is 0 Å². The SMILES string of the molecule is COc1ccc2c(c1OS(=O)(=O)C(F)(F)F)[C@@]13C=C(C#N)CC[C@@]1(O)[C@@H](C2)N(C)CC3. The van der Waals surface area contributed by atoms with Gasteiger partial charge in [0.1, 0.15) is 0 Å². The summed E-state index contributed by atoms with van der Waals surface area (Å²) in [5.41, 5.74) is -7.28. The van der Waals surface area contributed by atoms with Crippen molar-refractivity contribution in [3.63, 3.8) is 0 Å². The highest BCUT2D eigenvalue weighted by Crippen LogP contribution is 2.60. The van der Waals surface area contributed by atoms with Crippen molar-refractivity contribution < 1.29 is 35.6 Å². The number of halogens is 3. The second-order valence-corrected chi connectivity index (χ2v) is 9.78. The van der Waals surface area contributed by atoms with Crippen LogP contribution in [0.1, 0.15) is 30.4 Å². The van der Waals surface area contributed by atoms with Gasteiger partial charge >= 0.3 is 15.6 Å². The molecule has 1 N–H and O–H groups in total. The number of allylic oxidation sites excluding steroid dienone is 1. The van der Waals surface area contributed by atoms with Crippen molar-refractivity contribution in [1.29, 1.82) is 5.26 Å². The molecule has 0 amide bonds. The molecule has 0 saturated carbocycles. The van der Waals surface area contributed by atoms with Gasteiger partial charge in [0.05, 0.1) is 24.2 Å². The average molecular weight is 458 g/mol. The standard InChI is InChI=1S/C20H21F3N2O5S/c1-25-8-7-18-10-12(11-24)5-6-19(18,26)15(25)9-13-3-4-14(29-2)17(16(13)18)30-31(27,28)20(21,22)23/h3-4,10,15,26H,5-9H2,1-2H3/t15-,18-,19-/m1/s1. The van der Waals surface area contributed by atoms with Gasteiger partial charge in [-0.05, 0) is 50.9 Å². The van der Waals surface area contributed by atoms with E-state index in [9.17, 15) is 32.0 Å². The molecule has 7 nitrogen and oxygen atoms in total.